The van der Waals surface area contributed by atoms with E-state index in [9.17, 15) is 18.0 Å². The summed E-state index contributed by atoms with van der Waals surface area (Å²) in [4.78, 5) is 29.7. The van der Waals surface area contributed by atoms with Crippen molar-refractivity contribution in [1.82, 2.24) is 9.88 Å². The summed E-state index contributed by atoms with van der Waals surface area (Å²) in [5.74, 6) is 1.26. The zero-order valence-corrected chi connectivity index (χ0v) is 21.7. The summed E-state index contributed by atoms with van der Waals surface area (Å²) in [7, 11) is -2.25. The van der Waals surface area contributed by atoms with Gasteiger partial charge >= 0.3 is 0 Å². The summed E-state index contributed by atoms with van der Waals surface area (Å²) >= 11 is 0. The summed E-state index contributed by atoms with van der Waals surface area (Å²) in [5, 5.41) is 3.82. The quantitative estimate of drug-likeness (QED) is 0.283. The Morgan fingerprint density at radius 2 is 1.84 bits per heavy atom. The average Bonchev–Trinajstić information content (AvgIpc) is 3.22. The third-order valence-corrected chi connectivity index (χ3v) is 6.89. The monoisotopic (exact) mass is 533 g/mol. The molecule has 0 fully saturated rings. The first-order valence-corrected chi connectivity index (χ1v) is 13.3. The third kappa shape index (κ3) is 6.53. The maximum Gasteiger partial charge on any atom is 0.294 e. The van der Waals surface area contributed by atoms with Gasteiger partial charge in [-0.2, -0.15) is 8.42 Å². The zero-order valence-electron chi connectivity index (χ0n) is 20.9. The highest BCUT2D eigenvalue weighted by atomic mass is 32.2. The first-order valence-electron chi connectivity index (χ1n) is 11.8. The lowest BCUT2D eigenvalue weighted by Gasteiger charge is -2.16. The van der Waals surface area contributed by atoms with E-state index in [4.69, 9.17) is 8.97 Å². The molecule has 0 atom stereocenters. The minimum absolute atomic E-state index is 0.0130. The number of anilines is 1. The van der Waals surface area contributed by atoms with Crippen molar-refractivity contribution < 1.29 is 27.0 Å². The van der Waals surface area contributed by atoms with E-state index in [1.807, 2.05) is 37.3 Å². The lowest BCUT2D eigenvalue weighted by molar-refractivity contribution is -0.125. The van der Waals surface area contributed by atoms with Crippen molar-refractivity contribution in [3.8, 4) is 0 Å². The van der Waals surface area contributed by atoms with E-state index >= 15 is 0 Å². The summed E-state index contributed by atoms with van der Waals surface area (Å²) < 4.78 is 35.1. The Balaban J connectivity index is 0.000000283. The molecule has 196 valence electrons. The molecule has 0 spiro atoms. The molecular formula is C28H27N3O6S. The molecule has 1 aliphatic heterocycles. The van der Waals surface area contributed by atoms with Crippen LogP contribution in [-0.4, -0.2) is 41.7 Å². The fourth-order valence-corrected chi connectivity index (χ4v) is 4.42. The van der Waals surface area contributed by atoms with Crippen LogP contribution in [-0.2, 0) is 32.7 Å². The van der Waals surface area contributed by atoms with Gasteiger partial charge in [-0.1, -0.05) is 36.4 Å². The fourth-order valence-electron chi connectivity index (χ4n) is 3.92. The number of aryl methyl sites for hydroxylation is 2. The maximum atomic E-state index is 12.5. The molecule has 0 radical (unpaired) electrons. The number of aromatic nitrogens is 1. The van der Waals surface area contributed by atoms with Crippen molar-refractivity contribution >= 4 is 44.8 Å². The van der Waals surface area contributed by atoms with Gasteiger partial charge in [-0.05, 0) is 54.8 Å². The van der Waals surface area contributed by atoms with Crippen LogP contribution in [0.15, 0.2) is 82.2 Å². The van der Waals surface area contributed by atoms with E-state index in [1.54, 1.807) is 42.4 Å². The van der Waals surface area contributed by atoms with Crippen LogP contribution in [0.1, 0.15) is 28.9 Å². The summed E-state index contributed by atoms with van der Waals surface area (Å²) in [6.07, 6.45) is 6.05. The molecule has 2 N–H and O–H groups in total. The minimum atomic E-state index is -4.00. The Kier molecular flexibility index (Phi) is 8.04. The Hall–Kier alpha value is -4.28. The number of nitrogens with zero attached hydrogens (tertiary/aromatic N) is 2. The Labute approximate surface area is 220 Å². The van der Waals surface area contributed by atoms with Crippen molar-refractivity contribution in [2.75, 3.05) is 12.4 Å². The van der Waals surface area contributed by atoms with E-state index in [2.05, 4.69) is 10.3 Å². The van der Waals surface area contributed by atoms with Gasteiger partial charge in [-0.15, -0.1) is 0 Å². The van der Waals surface area contributed by atoms with Gasteiger partial charge in [0.1, 0.15) is 17.2 Å². The maximum absolute atomic E-state index is 12.5. The number of benzene rings is 2. The van der Waals surface area contributed by atoms with Crippen LogP contribution < -0.4 is 5.32 Å². The molecule has 2 aromatic carbocycles. The topological polar surface area (TPSA) is 130 Å². The zero-order chi connectivity index (χ0) is 27.3. The summed E-state index contributed by atoms with van der Waals surface area (Å²) in [6.45, 7) is 2.41. The van der Waals surface area contributed by atoms with Crippen LogP contribution in [0.3, 0.4) is 0 Å². The molecule has 0 aliphatic carbocycles. The van der Waals surface area contributed by atoms with Gasteiger partial charge in [-0.3, -0.25) is 14.1 Å². The number of furan rings is 1. The number of carbonyl (C=O) groups is 2. The predicted molar refractivity (Wildman–Crippen MR) is 144 cm³/mol. The number of hydrogen-bond donors (Lipinski definition) is 2. The van der Waals surface area contributed by atoms with Gasteiger partial charge in [0.2, 0.25) is 11.8 Å². The normalized spacial score (nSPS) is 13.0. The number of para-hydroxylation sites is 1. The first-order chi connectivity index (χ1) is 18.1. The molecule has 0 unspecified atom stereocenters. The van der Waals surface area contributed by atoms with Crippen LogP contribution in [0, 0.1) is 6.92 Å². The third-order valence-electron chi connectivity index (χ3n) is 6.03. The molecule has 0 saturated heterocycles. The van der Waals surface area contributed by atoms with Crippen molar-refractivity contribution in [2.24, 2.45) is 0 Å². The second kappa shape index (κ2) is 11.4. The molecule has 0 saturated carbocycles. The smallest absolute Gasteiger partial charge is 0.294 e. The lowest BCUT2D eigenvalue weighted by atomic mass is 10.0. The minimum Gasteiger partial charge on any atom is -0.459 e. The molecule has 3 heterocycles. The number of fused-ring (bicyclic) bond motifs is 2. The van der Waals surface area contributed by atoms with Crippen LogP contribution in [0.2, 0.25) is 0 Å². The van der Waals surface area contributed by atoms with E-state index in [0.29, 0.717) is 25.2 Å². The SMILES string of the molecule is Cc1c(CN(C)C(=O)/C=C/c2cnc3c(c2)CCC(=O)N3)oc2ccccc12.O=S(=O)(O)c1ccccc1. The van der Waals surface area contributed by atoms with Gasteiger partial charge < -0.3 is 14.6 Å². The Bertz CT molecular complexity index is 1610. The molecule has 5 rings (SSSR count). The van der Waals surface area contributed by atoms with Gasteiger partial charge in [0.15, 0.2) is 0 Å². The van der Waals surface area contributed by atoms with E-state index in [1.165, 1.54) is 18.2 Å². The highest BCUT2D eigenvalue weighted by Gasteiger charge is 2.16. The van der Waals surface area contributed by atoms with Crippen LogP contribution in [0.5, 0.6) is 0 Å². The van der Waals surface area contributed by atoms with Crippen molar-refractivity contribution in [3.05, 3.63) is 95.4 Å². The fraction of sp³-hybridized carbons (Fsp3) is 0.179. The second-order valence-corrected chi connectivity index (χ2v) is 10.2. The van der Waals surface area contributed by atoms with Crippen LogP contribution >= 0.6 is 0 Å². The number of pyridine rings is 1. The number of carbonyl (C=O) groups excluding carboxylic acids is 2. The molecular weight excluding hydrogens is 506 g/mol. The van der Waals surface area contributed by atoms with E-state index in [0.717, 1.165) is 33.4 Å². The molecule has 2 aromatic heterocycles. The average molecular weight is 534 g/mol. The molecule has 38 heavy (non-hydrogen) atoms. The predicted octanol–water partition coefficient (Wildman–Crippen LogP) is 4.63. The van der Waals surface area contributed by atoms with Crippen LogP contribution in [0.25, 0.3) is 17.0 Å². The lowest BCUT2D eigenvalue weighted by Crippen LogP contribution is -2.24. The first kappa shape index (κ1) is 26.8. The van der Waals surface area contributed by atoms with Gasteiger partial charge in [0, 0.05) is 36.7 Å². The number of amides is 2. The largest absolute Gasteiger partial charge is 0.459 e. The summed E-state index contributed by atoms with van der Waals surface area (Å²) in [5.41, 5.74) is 3.70. The molecule has 10 heteroatoms. The van der Waals surface area contributed by atoms with Crippen molar-refractivity contribution in [1.29, 1.82) is 0 Å². The summed E-state index contributed by atoms with van der Waals surface area (Å²) in [6, 6.07) is 17.2. The molecule has 0 bridgehead atoms. The standard InChI is InChI=1S/C22H21N3O3.C6H6O3S/c1-14-17-5-3-4-6-18(17)28-19(14)13-25(2)21(27)10-7-15-11-16-8-9-20(26)24-22(16)23-12-15;7-10(8,9)6-4-2-1-3-5-6/h3-7,10-12H,8-9,13H2,1-2H3,(H,23,24,26);1-5H,(H,7,8,9)/b10-7+;. The highest BCUT2D eigenvalue weighted by Crippen LogP contribution is 2.26. The second-order valence-electron chi connectivity index (χ2n) is 8.79. The highest BCUT2D eigenvalue weighted by molar-refractivity contribution is 7.85. The molecule has 1 aliphatic rings. The van der Waals surface area contributed by atoms with Crippen molar-refractivity contribution in [3.63, 3.8) is 0 Å². The van der Waals surface area contributed by atoms with E-state index < -0.39 is 10.1 Å². The number of likely N-dealkylation sites (N-methyl/N-ethyl adjacent to an activating group) is 1. The van der Waals surface area contributed by atoms with Gasteiger partial charge in [0.25, 0.3) is 10.1 Å². The Morgan fingerprint density at radius 3 is 2.53 bits per heavy atom. The number of nitrogens with one attached hydrogen (secondary N) is 1. The van der Waals surface area contributed by atoms with Crippen LogP contribution in [0.4, 0.5) is 5.82 Å². The molecule has 9 nitrogen and oxygen atoms in total. The number of hydrogen-bond acceptors (Lipinski definition) is 6. The van der Waals surface area contributed by atoms with Gasteiger partial charge in [0.05, 0.1) is 11.4 Å². The van der Waals surface area contributed by atoms with E-state index in [-0.39, 0.29) is 16.7 Å². The molecule has 4 aromatic rings. The van der Waals surface area contributed by atoms with Crippen molar-refractivity contribution in [2.45, 2.75) is 31.2 Å². The van der Waals surface area contributed by atoms with Gasteiger partial charge in [-0.25, -0.2) is 4.98 Å². The Morgan fingerprint density at radius 1 is 1.13 bits per heavy atom. The number of rotatable bonds is 5. The molecule has 2 amide bonds.